The van der Waals surface area contributed by atoms with Crippen molar-refractivity contribution >= 4 is 23.1 Å². The SMILES string of the molecule is CCN(CC)c1ccc(C2/C(=C(/O)c3cccc(OC(C)C)c3)C(=O)C(=O)N2CCCN(C)C)cc1. The third kappa shape index (κ3) is 6.08. The lowest BCUT2D eigenvalue weighted by molar-refractivity contribution is -0.139. The van der Waals surface area contributed by atoms with Crippen LogP contribution in [0, 0.1) is 0 Å². The number of likely N-dealkylation sites (tertiary alicyclic amines) is 1. The first-order valence-electron chi connectivity index (χ1n) is 12.7. The molecule has 1 atom stereocenters. The standard InChI is InChI=1S/C29H39N3O4/c1-7-31(8-2)23-15-13-21(14-16-23)26-25(28(34)29(35)32(26)18-10-17-30(5)6)27(33)22-11-9-12-24(19-22)36-20(3)4/h9,11-16,19-20,26,33H,7-8,10,17-18H2,1-6H3/b27-25-. The van der Waals surface area contributed by atoms with Crippen LogP contribution < -0.4 is 9.64 Å². The Balaban J connectivity index is 2.08. The Morgan fingerprint density at radius 3 is 2.31 bits per heavy atom. The van der Waals surface area contributed by atoms with Crippen LogP contribution in [-0.4, -0.2) is 73.0 Å². The minimum Gasteiger partial charge on any atom is -0.507 e. The number of benzene rings is 2. The van der Waals surface area contributed by atoms with E-state index in [4.69, 9.17) is 4.74 Å². The topological polar surface area (TPSA) is 73.3 Å². The van der Waals surface area contributed by atoms with Gasteiger partial charge in [0.2, 0.25) is 0 Å². The van der Waals surface area contributed by atoms with Gasteiger partial charge in [-0.1, -0.05) is 24.3 Å². The maximum absolute atomic E-state index is 13.3. The van der Waals surface area contributed by atoms with E-state index in [1.807, 2.05) is 57.1 Å². The molecule has 1 amide bonds. The number of ether oxygens (including phenoxy) is 1. The average molecular weight is 494 g/mol. The molecule has 2 aromatic rings. The number of amides is 1. The first-order valence-corrected chi connectivity index (χ1v) is 12.7. The van der Waals surface area contributed by atoms with Crippen LogP contribution in [0.1, 0.15) is 51.3 Å². The molecule has 1 heterocycles. The molecule has 0 aromatic heterocycles. The van der Waals surface area contributed by atoms with Gasteiger partial charge >= 0.3 is 0 Å². The van der Waals surface area contributed by atoms with Crippen molar-refractivity contribution < 1.29 is 19.4 Å². The van der Waals surface area contributed by atoms with Gasteiger partial charge in [0.05, 0.1) is 17.7 Å². The molecule has 0 aliphatic carbocycles. The molecule has 2 aromatic carbocycles. The summed E-state index contributed by atoms with van der Waals surface area (Å²) in [6.07, 6.45) is 0.681. The molecule has 3 rings (SSSR count). The van der Waals surface area contributed by atoms with E-state index in [-0.39, 0.29) is 17.4 Å². The molecule has 1 N–H and O–H groups in total. The van der Waals surface area contributed by atoms with E-state index in [1.54, 1.807) is 29.2 Å². The summed E-state index contributed by atoms with van der Waals surface area (Å²) in [4.78, 5) is 32.3. The van der Waals surface area contributed by atoms with Crippen molar-refractivity contribution in [1.29, 1.82) is 0 Å². The fourth-order valence-electron chi connectivity index (χ4n) is 4.62. The van der Waals surface area contributed by atoms with Crippen molar-refractivity contribution in [2.75, 3.05) is 45.2 Å². The lowest BCUT2D eigenvalue weighted by atomic mass is 9.95. The van der Waals surface area contributed by atoms with Gasteiger partial charge in [-0.05, 0) is 84.6 Å². The Morgan fingerprint density at radius 2 is 1.72 bits per heavy atom. The maximum Gasteiger partial charge on any atom is 0.295 e. The molecule has 194 valence electrons. The zero-order valence-corrected chi connectivity index (χ0v) is 22.3. The number of rotatable bonds is 11. The summed E-state index contributed by atoms with van der Waals surface area (Å²) in [5.74, 6) is -0.835. The summed E-state index contributed by atoms with van der Waals surface area (Å²) >= 11 is 0. The summed E-state index contributed by atoms with van der Waals surface area (Å²) in [5, 5.41) is 11.4. The number of ketones is 1. The Kier molecular flexibility index (Phi) is 9.15. The smallest absolute Gasteiger partial charge is 0.295 e. The summed E-state index contributed by atoms with van der Waals surface area (Å²) in [6.45, 7) is 11.0. The van der Waals surface area contributed by atoms with Crippen molar-refractivity contribution in [3.8, 4) is 5.75 Å². The molecule has 1 aliphatic rings. The molecular weight excluding hydrogens is 454 g/mol. The van der Waals surface area contributed by atoms with Crippen LogP contribution in [0.4, 0.5) is 5.69 Å². The highest BCUT2D eigenvalue weighted by Crippen LogP contribution is 2.40. The van der Waals surface area contributed by atoms with Gasteiger partial charge in [0.1, 0.15) is 11.5 Å². The van der Waals surface area contributed by atoms with Gasteiger partial charge in [-0.15, -0.1) is 0 Å². The third-order valence-corrected chi connectivity index (χ3v) is 6.36. The van der Waals surface area contributed by atoms with Gasteiger partial charge in [-0.25, -0.2) is 0 Å². The van der Waals surface area contributed by atoms with Gasteiger partial charge in [-0.2, -0.15) is 0 Å². The van der Waals surface area contributed by atoms with Crippen molar-refractivity contribution in [3.05, 3.63) is 65.2 Å². The Bertz CT molecular complexity index is 1090. The fourth-order valence-corrected chi connectivity index (χ4v) is 4.62. The molecule has 1 unspecified atom stereocenters. The van der Waals surface area contributed by atoms with Gasteiger partial charge in [0.15, 0.2) is 0 Å². The van der Waals surface area contributed by atoms with E-state index in [1.165, 1.54) is 0 Å². The van der Waals surface area contributed by atoms with Crippen molar-refractivity contribution in [3.63, 3.8) is 0 Å². The second-order valence-electron chi connectivity index (χ2n) is 9.61. The number of anilines is 1. The number of carbonyl (C=O) groups excluding carboxylic acids is 2. The van der Waals surface area contributed by atoms with E-state index in [2.05, 4.69) is 18.7 Å². The minimum atomic E-state index is -0.662. The van der Waals surface area contributed by atoms with Gasteiger partial charge < -0.3 is 24.5 Å². The molecule has 0 radical (unpaired) electrons. The molecule has 0 saturated carbocycles. The summed E-state index contributed by atoms with van der Waals surface area (Å²) in [7, 11) is 3.95. The van der Waals surface area contributed by atoms with E-state index in [0.29, 0.717) is 24.3 Å². The molecule has 1 aliphatic heterocycles. The van der Waals surface area contributed by atoms with Gasteiger partial charge in [0, 0.05) is 30.9 Å². The van der Waals surface area contributed by atoms with Crippen LogP contribution >= 0.6 is 0 Å². The molecule has 1 saturated heterocycles. The van der Waals surface area contributed by atoms with Crippen LogP contribution in [0.15, 0.2) is 54.1 Å². The second-order valence-corrected chi connectivity index (χ2v) is 9.61. The van der Waals surface area contributed by atoms with Crippen LogP contribution in [0.3, 0.4) is 0 Å². The van der Waals surface area contributed by atoms with E-state index in [0.717, 1.165) is 30.9 Å². The number of hydrogen-bond acceptors (Lipinski definition) is 6. The quantitative estimate of drug-likeness (QED) is 0.278. The summed E-state index contributed by atoms with van der Waals surface area (Å²) < 4.78 is 5.78. The zero-order chi connectivity index (χ0) is 26.4. The van der Waals surface area contributed by atoms with Crippen LogP contribution in [0.5, 0.6) is 5.75 Å². The Hall–Kier alpha value is -3.32. The number of nitrogens with zero attached hydrogens (tertiary/aromatic N) is 3. The lowest BCUT2D eigenvalue weighted by Crippen LogP contribution is -2.32. The molecule has 0 bridgehead atoms. The molecule has 0 spiro atoms. The number of aliphatic hydroxyl groups excluding tert-OH is 1. The first kappa shape index (κ1) is 27.3. The normalized spacial score (nSPS) is 17.3. The van der Waals surface area contributed by atoms with E-state index < -0.39 is 17.7 Å². The van der Waals surface area contributed by atoms with Gasteiger partial charge in [0.25, 0.3) is 11.7 Å². The molecule has 1 fully saturated rings. The average Bonchev–Trinajstić information content (AvgIpc) is 3.09. The van der Waals surface area contributed by atoms with Crippen molar-refractivity contribution in [1.82, 2.24) is 9.80 Å². The minimum absolute atomic E-state index is 0.0333. The van der Waals surface area contributed by atoms with Crippen molar-refractivity contribution in [2.24, 2.45) is 0 Å². The van der Waals surface area contributed by atoms with Crippen LogP contribution in [0.25, 0.3) is 5.76 Å². The van der Waals surface area contributed by atoms with E-state index in [9.17, 15) is 14.7 Å². The maximum atomic E-state index is 13.3. The Morgan fingerprint density at radius 1 is 1.06 bits per heavy atom. The third-order valence-electron chi connectivity index (χ3n) is 6.36. The molecule has 36 heavy (non-hydrogen) atoms. The second kappa shape index (κ2) is 12.1. The predicted molar refractivity (Wildman–Crippen MR) is 144 cm³/mol. The predicted octanol–water partition coefficient (Wildman–Crippen LogP) is 4.69. The zero-order valence-electron chi connectivity index (χ0n) is 22.3. The van der Waals surface area contributed by atoms with E-state index >= 15 is 0 Å². The molecule has 7 nitrogen and oxygen atoms in total. The van der Waals surface area contributed by atoms with Crippen LogP contribution in [0.2, 0.25) is 0 Å². The first-order chi connectivity index (χ1) is 17.2. The number of hydrogen-bond donors (Lipinski definition) is 1. The highest BCUT2D eigenvalue weighted by molar-refractivity contribution is 6.46. The largest absolute Gasteiger partial charge is 0.507 e. The fraction of sp³-hybridized carbons (Fsp3) is 0.448. The number of carbonyl (C=O) groups is 2. The molecule has 7 heteroatoms. The van der Waals surface area contributed by atoms with Gasteiger partial charge in [-0.3, -0.25) is 9.59 Å². The van der Waals surface area contributed by atoms with Crippen LogP contribution in [-0.2, 0) is 9.59 Å². The lowest BCUT2D eigenvalue weighted by Gasteiger charge is -2.27. The Labute approximate surface area is 215 Å². The monoisotopic (exact) mass is 493 g/mol. The highest BCUT2D eigenvalue weighted by Gasteiger charge is 2.45. The highest BCUT2D eigenvalue weighted by atomic mass is 16.5. The number of aliphatic hydroxyl groups is 1. The summed E-state index contributed by atoms with van der Waals surface area (Å²) in [5.41, 5.74) is 2.43. The van der Waals surface area contributed by atoms with Crippen molar-refractivity contribution in [2.45, 2.75) is 46.3 Å². The number of Topliss-reactive ketones (excluding diaryl/α,β-unsaturated/α-hetero) is 1. The molecular formula is C29H39N3O4. The summed E-state index contributed by atoms with van der Waals surface area (Å²) in [6, 6.07) is 14.3.